The summed E-state index contributed by atoms with van der Waals surface area (Å²) in [4.78, 5) is 24.6. The van der Waals surface area contributed by atoms with Crippen LogP contribution in [0.5, 0.6) is 0 Å². The number of esters is 1. The van der Waals surface area contributed by atoms with Gasteiger partial charge in [-0.1, -0.05) is 391 Å². The molecule has 1 amide bonds. The van der Waals surface area contributed by atoms with E-state index < -0.39 is 12.1 Å². The molecule has 0 rings (SSSR count). The molecule has 0 saturated heterocycles. The maximum atomic E-state index is 12.5. The quantitative estimate of drug-likeness (QED) is 0.0320. The molecule has 2 atom stereocenters. The Labute approximate surface area is 526 Å². The summed E-state index contributed by atoms with van der Waals surface area (Å²) in [5, 5.41) is 23.1. The van der Waals surface area contributed by atoms with Gasteiger partial charge < -0.3 is 20.3 Å². The van der Waals surface area contributed by atoms with Crippen LogP contribution >= 0.6 is 0 Å². The molecular weight excluding hydrogens is 1030 g/mol. The molecule has 0 bridgehead atoms. The molecule has 0 aromatic heterocycles. The molecule has 84 heavy (non-hydrogen) atoms. The molecule has 0 radical (unpaired) electrons. The second-order valence-corrected chi connectivity index (χ2v) is 26.7. The lowest BCUT2D eigenvalue weighted by atomic mass is 10.0. The van der Waals surface area contributed by atoms with E-state index >= 15 is 0 Å². The summed E-state index contributed by atoms with van der Waals surface area (Å²) in [7, 11) is 0. The normalized spacial score (nSPS) is 12.6. The molecule has 0 aliphatic carbocycles. The largest absolute Gasteiger partial charge is 0.466 e. The molecule has 0 spiro atoms. The number of amides is 1. The zero-order valence-corrected chi connectivity index (χ0v) is 57.2. The van der Waals surface area contributed by atoms with Crippen molar-refractivity contribution in [1.29, 1.82) is 0 Å². The average molecular weight is 1180 g/mol. The highest BCUT2D eigenvalue weighted by Gasteiger charge is 2.18. The van der Waals surface area contributed by atoms with Gasteiger partial charge >= 0.3 is 5.97 Å². The third-order valence-electron chi connectivity index (χ3n) is 18.2. The number of unbranched alkanes of at least 4 members (excludes halogenated alkanes) is 60. The topological polar surface area (TPSA) is 95.9 Å². The van der Waals surface area contributed by atoms with Gasteiger partial charge in [-0.2, -0.15) is 0 Å². The van der Waals surface area contributed by atoms with Crippen molar-refractivity contribution in [3.63, 3.8) is 0 Å². The zero-order chi connectivity index (χ0) is 60.6. The van der Waals surface area contributed by atoms with Gasteiger partial charge in [0.15, 0.2) is 0 Å². The second-order valence-electron chi connectivity index (χ2n) is 26.7. The van der Waals surface area contributed by atoms with Crippen LogP contribution in [0.4, 0.5) is 0 Å². The Kier molecular flexibility index (Phi) is 72.3. The van der Waals surface area contributed by atoms with E-state index in [1.54, 1.807) is 6.08 Å². The Balaban J connectivity index is 3.32. The minimum absolute atomic E-state index is 0.0257. The van der Waals surface area contributed by atoms with Crippen LogP contribution in [0.25, 0.3) is 0 Å². The fourth-order valence-electron chi connectivity index (χ4n) is 12.3. The van der Waals surface area contributed by atoms with E-state index in [-0.39, 0.29) is 18.5 Å². The maximum absolute atomic E-state index is 12.5. The fourth-order valence-corrected chi connectivity index (χ4v) is 12.3. The fraction of sp³-hybridized carbons (Fsp3) is 0.923. The third-order valence-corrected chi connectivity index (χ3v) is 18.2. The number of nitrogens with one attached hydrogen (secondary N) is 1. The average Bonchev–Trinajstić information content (AvgIpc) is 3.51. The van der Waals surface area contributed by atoms with Crippen molar-refractivity contribution in [2.45, 2.75) is 450 Å². The summed E-state index contributed by atoms with van der Waals surface area (Å²) < 4.78 is 5.52. The number of allylic oxidation sites excluding steroid dienone is 3. The zero-order valence-electron chi connectivity index (χ0n) is 57.2. The van der Waals surface area contributed by atoms with E-state index in [1.165, 1.54) is 372 Å². The molecule has 6 nitrogen and oxygen atoms in total. The molecule has 0 fully saturated rings. The lowest BCUT2D eigenvalue weighted by molar-refractivity contribution is -0.143. The van der Waals surface area contributed by atoms with E-state index in [9.17, 15) is 19.8 Å². The highest BCUT2D eigenvalue weighted by atomic mass is 16.5. The molecule has 6 heteroatoms. The summed E-state index contributed by atoms with van der Waals surface area (Å²) >= 11 is 0. The first-order chi connectivity index (χ1) is 41.5. The number of hydrogen-bond acceptors (Lipinski definition) is 5. The maximum Gasteiger partial charge on any atom is 0.305 e. The van der Waals surface area contributed by atoms with Gasteiger partial charge in [-0.05, 0) is 57.8 Å². The molecule has 0 heterocycles. The van der Waals surface area contributed by atoms with Crippen LogP contribution in [-0.2, 0) is 14.3 Å². The van der Waals surface area contributed by atoms with E-state index in [1.807, 2.05) is 6.08 Å². The van der Waals surface area contributed by atoms with Crippen LogP contribution in [0.2, 0.25) is 0 Å². The minimum atomic E-state index is -0.841. The molecule has 498 valence electrons. The Morgan fingerprint density at radius 2 is 0.560 bits per heavy atom. The first kappa shape index (κ1) is 82.3. The van der Waals surface area contributed by atoms with Crippen molar-refractivity contribution in [2.75, 3.05) is 13.2 Å². The number of carbonyl (C=O) groups is 2. The number of aliphatic hydroxyl groups excluding tert-OH is 2. The highest BCUT2D eigenvalue weighted by molar-refractivity contribution is 5.76. The van der Waals surface area contributed by atoms with Crippen LogP contribution in [0, 0.1) is 0 Å². The Hall–Kier alpha value is -1.66. The van der Waals surface area contributed by atoms with Gasteiger partial charge in [0.2, 0.25) is 5.91 Å². The van der Waals surface area contributed by atoms with Crippen molar-refractivity contribution >= 4 is 11.9 Å². The van der Waals surface area contributed by atoms with Crippen molar-refractivity contribution in [2.24, 2.45) is 0 Å². The first-order valence-electron chi connectivity index (χ1n) is 38.6. The van der Waals surface area contributed by atoms with E-state index in [0.29, 0.717) is 19.4 Å². The monoisotopic (exact) mass is 1180 g/mol. The van der Waals surface area contributed by atoms with Gasteiger partial charge in [0.05, 0.1) is 25.4 Å². The SMILES string of the molecule is CCCCCCCCCCCCC/C=C/C(O)C(CO)NC(=O)CCCCCCCCCCCCCCCCCCC/C=C\CCCCCCCCCCCCCCCCOC(=O)CCCCCCCCCCCCCCCCCCCCC. The van der Waals surface area contributed by atoms with Crippen LogP contribution in [0.1, 0.15) is 438 Å². The van der Waals surface area contributed by atoms with Crippen molar-refractivity contribution < 1.29 is 24.5 Å². The number of hydrogen-bond donors (Lipinski definition) is 3. The summed E-state index contributed by atoms with van der Waals surface area (Å²) in [5.41, 5.74) is 0. The van der Waals surface area contributed by atoms with E-state index in [4.69, 9.17) is 4.74 Å². The Bertz CT molecular complexity index is 1320. The first-order valence-corrected chi connectivity index (χ1v) is 38.6. The summed E-state index contributed by atoms with van der Waals surface area (Å²) in [6.45, 7) is 4.95. The number of carbonyl (C=O) groups excluding carboxylic acids is 2. The van der Waals surface area contributed by atoms with Crippen LogP contribution in [-0.4, -0.2) is 47.4 Å². The summed E-state index contributed by atoms with van der Waals surface area (Å²) in [5.74, 6) is -0.0368. The van der Waals surface area contributed by atoms with Gasteiger partial charge in [0.1, 0.15) is 0 Å². The van der Waals surface area contributed by atoms with Crippen LogP contribution < -0.4 is 5.32 Å². The predicted molar refractivity (Wildman–Crippen MR) is 370 cm³/mol. The third kappa shape index (κ3) is 69.4. The molecule has 0 aliphatic heterocycles. The van der Waals surface area contributed by atoms with Crippen molar-refractivity contribution in [1.82, 2.24) is 5.32 Å². The summed E-state index contributed by atoms with van der Waals surface area (Å²) in [6.07, 6.45) is 94.5. The Morgan fingerprint density at radius 3 is 0.845 bits per heavy atom. The van der Waals surface area contributed by atoms with Gasteiger partial charge in [0, 0.05) is 12.8 Å². The predicted octanol–water partition coefficient (Wildman–Crippen LogP) is 25.3. The number of ether oxygens (including phenoxy) is 1. The standard InChI is InChI=1S/C78H151NO5/c1-3-5-7-9-11-13-15-17-18-19-37-41-44-48-52-56-60-64-68-72-78(83)84-73-69-65-61-57-53-49-45-42-39-36-34-32-30-28-26-24-22-20-21-23-25-27-29-31-33-35-38-40-43-47-51-55-59-63-67-71-77(82)79-75(74-80)76(81)70-66-62-58-54-50-46-16-14-12-10-8-6-4-2/h22,24,66,70,75-76,80-81H,3-21,23,25-65,67-69,71-74H2,1-2H3,(H,79,82)/b24-22-,70-66+. The molecule has 0 aliphatic rings. The molecule has 3 N–H and O–H groups in total. The van der Waals surface area contributed by atoms with Crippen molar-refractivity contribution in [3.05, 3.63) is 24.3 Å². The van der Waals surface area contributed by atoms with Gasteiger partial charge in [-0.15, -0.1) is 0 Å². The van der Waals surface area contributed by atoms with Gasteiger partial charge in [0.25, 0.3) is 0 Å². The smallest absolute Gasteiger partial charge is 0.305 e. The molecular formula is C78H151NO5. The van der Waals surface area contributed by atoms with E-state index in [2.05, 4.69) is 31.3 Å². The molecule has 0 saturated carbocycles. The Morgan fingerprint density at radius 1 is 0.321 bits per heavy atom. The number of aliphatic hydroxyl groups is 2. The highest BCUT2D eigenvalue weighted by Crippen LogP contribution is 2.20. The lowest BCUT2D eigenvalue weighted by Crippen LogP contribution is -2.45. The van der Waals surface area contributed by atoms with Crippen LogP contribution in [0.3, 0.4) is 0 Å². The van der Waals surface area contributed by atoms with Crippen molar-refractivity contribution in [3.8, 4) is 0 Å². The number of rotatable bonds is 73. The van der Waals surface area contributed by atoms with Gasteiger partial charge in [-0.3, -0.25) is 9.59 Å². The molecule has 0 aromatic rings. The minimum Gasteiger partial charge on any atom is -0.466 e. The van der Waals surface area contributed by atoms with E-state index in [0.717, 1.165) is 38.5 Å². The molecule has 0 aromatic carbocycles. The molecule has 2 unspecified atom stereocenters. The lowest BCUT2D eigenvalue weighted by Gasteiger charge is -2.20. The summed E-state index contributed by atoms with van der Waals surface area (Å²) in [6, 6.07) is -0.624. The second kappa shape index (κ2) is 73.8. The van der Waals surface area contributed by atoms with Gasteiger partial charge in [-0.25, -0.2) is 0 Å². The van der Waals surface area contributed by atoms with Crippen LogP contribution in [0.15, 0.2) is 24.3 Å².